The van der Waals surface area contributed by atoms with Crippen molar-refractivity contribution in [3.8, 4) is 17.2 Å². The van der Waals surface area contributed by atoms with Gasteiger partial charge in [-0.1, -0.05) is 42.5 Å². The molecule has 0 aromatic heterocycles. The smallest absolute Gasteiger partial charge is 0.264 e. The number of ether oxygens (including phenoxy) is 3. The molecule has 0 bridgehead atoms. The first kappa shape index (κ1) is 32.3. The number of nitrogens with one attached hydrogen (secondary N) is 1. The minimum absolute atomic E-state index is 0.0255. The van der Waals surface area contributed by atoms with Gasteiger partial charge in [-0.3, -0.25) is 13.9 Å². The standard InChI is InChI=1S/C34H34FN3O7S/c1-36-34(40)30(20-24-7-4-3-5-8-24)37(22-25-9-6-10-28(19-25)43-2)33(39)23-38(27-13-11-26(35)12-14-27)46(41,42)29-15-16-31-32(21-29)45-18-17-44-31/h3-16,19,21,30H,17-18,20,22-23H2,1-2H3,(H,36,40)/t30-/m0/s1. The molecule has 12 heteroatoms. The van der Waals surface area contributed by atoms with E-state index in [1.807, 2.05) is 30.3 Å². The molecule has 10 nitrogen and oxygen atoms in total. The topological polar surface area (TPSA) is 114 Å². The number of carbonyl (C=O) groups is 2. The van der Waals surface area contributed by atoms with Crippen molar-refractivity contribution in [2.45, 2.75) is 23.9 Å². The molecule has 1 heterocycles. The van der Waals surface area contributed by atoms with Gasteiger partial charge in [0.05, 0.1) is 17.7 Å². The second-order valence-electron chi connectivity index (χ2n) is 10.5. The molecule has 1 aliphatic heterocycles. The van der Waals surface area contributed by atoms with Crippen LogP contribution in [0, 0.1) is 5.82 Å². The Hall–Kier alpha value is -5.10. The molecular weight excluding hydrogens is 613 g/mol. The zero-order chi connectivity index (χ0) is 32.7. The number of nitrogens with zero attached hydrogens (tertiary/aromatic N) is 2. The van der Waals surface area contributed by atoms with E-state index in [0.29, 0.717) is 23.7 Å². The van der Waals surface area contributed by atoms with Crippen molar-refractivity contribution < 1.29 is 36.6 Å². The Labute approximate surface area is 267 Å². The van der Waals surface area contributed by atoms with Crippen LogP contribution < -0.4 is 23.8 Å². The molecule has 4 aromatic rings. The molecule has 0 aliphatic carbocycles. The zero-order valence-corrected chi connectivity index (χ0v) is 26.2. The number of amides is 2. The SMILES string of the molecule is CNC(=O)[C@H](Cc1ccccc1)N(Cc1cccc(OC)c1)C(=O)CN(c1ccc(F)cc1)S(=O)(=O)c1ccc2c(c1)OCCO2. The molecule has 2 amide bonds. The molecule has 46 heavy (non-hydrogen) atoms. The van der Waals surface area contributed by atoms with E-state index in [1.54, 1.807) is 24.3 Å². The fourth-order valence-corrected chi connectivity index (χ4v) is 6.57. The molecule has 1 N–H and O–H groups in total. The van der Waals surface area contributed by atoms with Crippen molar-refractivity contribution in [2.75, 3.05) is 38.2 Å². The summed E-state index contributed by atoms with van der Waals surface area (Å²) in [4.78, 5) is 29.0. The largest absolute Gasteiger partial charge is 0.497 e. The summed E-state index contributed by atoms with van der Waals surface area (Å²) < 4.78 is 59.8. The van der Waals surface area contributed by atoms with Crippen LogP contribution >= 0.6 is 0 Å². The molecule has 0 fully saturated rings. The monoisotopic (exact) mass is 647 g/mol. The van der Waals surface area contributed by atoms with Gasteiger partial charge in [0.25, 0.3) is 10.0 Å². The van der Waals surface area contributed by atoms with Gasteiger partial charge in [0.15, 0.2) is 11.5 Å². The minimum Gasteiger partial charge on any atom is -0.497 e. The number of carbonyl (C=O) groups excluding carboxylic acids is 2. The number of methoxy groups -OCH3 is 1. The van der Waals surface area contributed by atoms with E-state index in [4.69, 9.17) is 14.2 Å². The predicted octanol–water partition coefficient (Wildman–Crippen LogP) is 4.19. The van der Waals surface area contributed by atoms with E-state index in [1.165, 1.54) is 49.4 Å². The Morgan fingerprint density at radius 3 is 2.28 bits per heavy atom. The number of sulfonamides is 1. The molecule has 0 unspecified atom stereocenters. The van der Waals surface area contributed by atoms with Crippen LogP contribution in [-0.4, -0.2) is 65.1 Å². The molecule has 4 aromatic carbocycles. The second-order valence-corrected chi connectivity index (χ2v) is 12.3. The molecule has 1 atom stereocenters. The highest BCUT2D eigenvalue weighted by Gasteiger charge is 2.35. The maximum absolute atomic E-state index is 14.4. The highest BCUT2D eigenvalue weighted by molar-refractivity contribution is 7.92. The van der Waals surface area contributed by atoms with Crippen molar-refractivity contribution in [2.24, 2.45) is 0 Å². The van der Waals surface area contributed by atoms with E-state index in [2.05, 4.69) is 5.32 Å². The number of hydrogen-bond acceptors (Lipinski definition) is 7. The number of likely N-dealkylation sites (N-methyl/N-ethyl adjacent to an activating group) is 1. The molecule has 0 radical (unpaired) electrons. The van der Waals surface area contributed by atoms with Crippen LogP contribution in [-0.2, 0) is 32.6 Å². The summed E-state index contributed by atoms with van der Waals surface area (Å²) in [6.45, 7) is -0.136. The van der Waals surface area contributed by atoms with Gasteiger partial charge in [-0.15, -0.1) is 0 Å². The van der Waals surface area contributed by atoms with Crippen LogP contribution in [0.2, 0.25) is 0 Å². The Bertz CT molecular complexity index is 1790. The Morgan fingerprint density at radius 1 is 0.891 bits per heavy atom. The maximum atomic E-state index is 14.4. The first-order valence-electron chi connectivity index (χ1n) is 14.6. The summed E-state index contributed by atoms with van der Waals surface area (Å²) in [5.74, 6) is -0.457. The fraction of sp³-hybridized carbons (Fsp3) is 0.235. The van der Waals surface area contributed by atoms with E-state index in [-0.39, 0.29) is 35.9 Å². The number of rotatable bonds is 12. The van der Waals surface area contributed by atoms with Crippen molar-refractivity contribution in [3.63, 3.8) is 0 Å². The minimum atomic E-state index is -4.42. The first-order chi connectivity index (χ1) is 22.2. The third-order valence-electron chi connectivity index (χ3n) is 7.50. The lowest BCUT2D eigenvalue weighted by Crippen LogP contribution is -2.53. The van der Waals surface area contributed by atoms with Crippen molar-refractivity contribution in [1.82, 2.24) is 10.2 Å². The molecule has 5 rings (SSSR count). The number of benzene rings is 4. The lowest BCUT2D eigenvalue weighted by atomic mass is 10.0. The molecule has 240 valence electrons. The van der Waals surface area contributed by atoms with Crippen molar-refractivity contribution >= 4 is 27.5 Å². The normalized spacial score (nSPS) is 12.9. The molecular formula is C34H34FN3O7S. The first-order valence-corrected chi connectivity index (χ1v) is 16.0. The van der Waals surface area contributed by atoms with E-state index < -0.39 is 40.2 Å². The maximum Gasteiger partial charge on any atom is 0.264 e. The quantitative estimate of drug-likeness (QED) is 0.245. The van der Waals surface area contributed by atoms with Gasteiger partial charge in [0.2, 0.25) is 11.8 Å². The molecule has 0 saturated carbocycles. The average molecular weight is 648 g/mol. The van der Waals surface area contributed by atoms with Crippen LogP contribution in [0.15, 0.2) is 102 Å². The van der Waals surface area contributed by atoms with Crippen LogP contribution in [0.4, 0.5) is 10.1 Å². The van der Waals surface area contributed by atoms with Gasteiger partial charge in [0, 0.05) is 26.1 Å². The Morgan fingerprint density at radius 2 is 1.59 bits per heavy atom. The highest BCUT2D eigenvalue weighted by Crippen LogP contribution is 2.34. The molecule has 1 aliphatic rings. The van der Waals surface area contributed by atoms with E-state index in [0.717, 1.165) is 22.0 Å². The van der Waals surface area contributed by atoms with Gasteiger partial charge in [-0.2, -0.15) is 0 Å². The van der Waals surface area contributed by atoms with Gasteiger partial charge in [-0.05, 0) is 59.7 Å². The van der Waals surface area contributed by atoms with E-state index in [9.17, 15) is 22.4 Å². The van der Waals surface area contributed by atoms with Gasteiger partial charge >= 0.3 is 0 Å². The fourth-order valence-electron chi connectivity index (χ4n) is 5.14. The summed E-state index contributed by atoms with van der Waals surface area (Å²) in [6, 6.07) is 24.2. The molecule has 0 spiro atoms. The highest BCUT2D eigenvalue weighted by atomic mass is 32.2. The third kappa shape index (κ3) is 7.40. The van der Waals surface area contributed by atoms with Crippen LogP contribution in [0.25, 0.3) is 0 Å². The Kier molecular flexibility index (Phi) is 10.1. The summed E-state index contributed by atoms with van der Waals surface area (Å²) in [6.07, 6.45) is 0.168. The van der Waals surface area contributed by atoms with Crippen LogP contribution in [0.3, 0.4) is 0 Å². The number of fused-ring (bicyclic) bond motifs is 1. The summed E-state index contributed by atoms with van der Waals surface area (Å²) >= 11 is 0. The third-order valence-corrected chi connectivity index (χ3v) is 9.27. The van der Waals surface area contributed by atoms with Gasteiger partial charge in [-0.25, -0.2) is 12.8 Å². The lowest BCUT2D eigenvalue weighted by Gasteiger charge is -2.33. The molecule has 0 saturated heterocycles. The predicted molar refractivity (Wildman–Crippen MR) is 170 cm³/mol. The number of anilines is 1. The second kappa shape index (κ2) is 14.3. The van der Waals surface area contributed by atoms with Crippen LogP contribution in [0.1, 0.15) is 11.1 Å². The van der Waals surface area contributed by atoms with Gasteiger partial charge < -0.3 is 24.4 Å². The number of halogens is 1. The summed E-state index contributed by atoms with van der Waals surface area (Å²) in [7, 11) is -1.42. The zero-order valence-electron chi connectivity index (χ0n) is 25.4. The van der Waals surface area contributed by atoms with Crippen molar-refractivity contribution in [3.05, 3.63) is 114 Å². The Balaban J connectivity index is 1.56. The van der Waals surface area contributed by atoms with Crippen molar-refractivity contribution in [1.29, 1.82) is 0 Å². The van der Waals surface area contributed by atoms with E-state index >= 15 is 0 Å². The van der Waals surface area contributed by atoms with Gasteiger partial charge in [0.1, 0.15) is 37.4 Å². The lowest BCUT2D eigenvalue weighted by molar-refractivity contribution is -0.139. The van der Waals surface area contributed by atoms with Crippen LogP contribution in [0.5, 0.6) is 17.2 Å². The average Bonchev–Trinajstić information content (AvgIpc) is 3.09. The summed E-state index contributed by atoms with van der Waals surface area (Å²) in [5.41, 5.74) is 1.53. The number of hydrogen-bond donors (Lipinski definition) is 1. The summed E-state index contributed by atoms with van der Waals surface area (Å²) in [5, 5.41) is 2.65.